The number of nitrogens with one attached hydrogen (secondary N) is 1. The van der Waals surface area contributed by atoms with Gasteiger partial charge in [0.25, 0.3) is 5.91 Å². The molecular weight excluding hydrogens is 388 g/mol. The number of rotatable bonds is 6. The summed E-state index contributed by atoms with van der Waals surface area (Å²) < 4.78 is 32.9. The van der Waals surface area contributed by atoms with Gasteiger partial charge in [0.2, 0.25) is 10.0 Å². The molecule has 0 aromatic heterocycles. The summed E-state index contributed by atoms with van der Waals surface area (Å²) in [4.78, 5) is 12.7. The molecule has 1 heterocycles. The molecule has 1 N–H and O–H groups in total. The van der Waals surface area contributed by atoms with Crippen LogP contribution >= 0.6 is 0 Å². The van der Waals surface area contributed by atoms with Crippen molar-refractivity contribution in [3.8, 4) is 5.75 Å². The van der Waals surface area contributed by atoms with E-state index in [1.54, 1.807) is 29.6 Å². The molecule has 1 amide bonds. The highest BCUT2D eigenvalue weighted by Gasteiger charge is 2.31. The summed E-state index contributed by atoms with van der Waals surface area (Å²) in [6.07, 6.45) is 1.03. The molecule has 6 nitrogen and oxygen atoms in total. The molecule has 0 spiro atoms. The Labute approximate surface area is 172 Å². The molecule has 0 unspecified atom stereocenters. The van der Waals surface area contributed by atoms with E-state index in [0.717, 1.165) is 17.7 Å². The number of carbonyl (C=O) groups excluding carboxylic acids is 1. The minimum absolute atomic E-state index is 0.160. The zero-order valence-electron chi connectivity index (χ0n) is 17.1. The fourth-order valence-corrected chi connectivity index (χ4v) is 5.54. The molecule has 2 aromatic rings. The SMILES string of the molecule is COc1cccc(CNC(=O)c2cccc(S(=O)(=O)N3C[C@H](C)C[C@@H](C)C3)c2)c1. The third kappa shape index (κ3) is 5.16. The van der Waals surface area contributed by atoms with Crippen LogP contribution < -0.4 is 10.1 Å². The van der Waals surface area contributed by atoms with E-state index in [2.05, 4.69) is 19.2 Å². The summed E-state index contributed by atoms with van der Waals surface area (Å²) in [5, 5.41) is 2.84. The Bertz CT molecular complexity index is 964. The fourth-order valence-electron chi connectivity index (χ4n) is 3.82. The first kappa shape index (κ1) is 21.3. The Kier molecular flexibility index (Phi) is 6.59. The van der Waals surface area contributed by atoms with E-state index in [4.69, 9.17) is 4.74 Å². The van der Waals surface area contributed by atoms with Crippen molar-refractivity contribution in [1.82, 2.24) is 9.62 Å². The minimum atomic E-state index is -3.62. The van der Waals surface area contributed by atoms with Gasteiger partial charge < -0.3 is 10.1 Å². The maximum absolute atomic E-state index is 13.1. The van der Waals surface area contributed by atoms with Gasteiger partial charge in [0, 0.05) is 25.2 Å². The monoisotopic (exact) mass is 416 g/mol. The van der Waals surface area contributed by atoms with E-state index in [1.165, 1.54) is 6.07 Å². The molecule has 1 aliphatic rings. The predicted molar refractivity (Wildman–Crippen MR) is 112 cm³/mol. The van der Waals surface area contributed by atoms with Gasteiger partial charge in [-0.25, -0.2) is 8.42 Å². The van der Waals surface area contributed by atoms with E-state index in [1.807, 2.05) is 24.3 Å². The van der Waals surface area contributed by atoms with Gasteiger partial charge in [0.15, 0.2) is 0 Å². The van der Waals surface area contributed by atoms with Crippen LogP contribution in [0.2, 0.25) is 0 Å². The first-order chi connectivity index (χ1) is 13.8. The molecule has 3 rings (SSSR count). The highest BCUT2D eigenvalue weighted by Crippen LogP contribution is 2.27. The van der Waals surface area contributed by atoms with Gasteiger partial charge in [0.1, 0.15) is 5.75 Å². The van der Waals surface area contributed by atoms with E-state index in [9.17, 15) is 13.2 Å². The van der Waals surface area contributed by atoms with Crippen LogP contribution in [-0.2, 0) is 16.6 Å². The Morgan fingerprint density at radius 3 is 2.48 bits per heavy atom. The number of nitrogens with zero attached hydrogens (tertiary/aromatic N) is 1. The normalized spacial score (nSPS) is 20.2. The van der Waals surface area contributed by atoms with Crippen LogP contribution in [-0.4, -0.2) is 38.8 Å². The number of piperidine rings is 1. The first-order valence-corrected chi connectivity index (χ1v) is 11.2. The van der Waals surface area contributed by atoms with Crippen molar-refractivity contribution >= 4 is 15.9 Å². The van der Waals surface area contributed by atoms with E-state index in [0.29, 0.717) is 37.0 Å². The zero-order chi connectivity index (χ0) is 21.0. The molecule has 0 radical (unpaired) electrons. The second-order valence-corrected chi connectivity index (χ2v) is 9.77. The smallest absolute Gasteiger partial charge is 0.251 e. The predicted octanol–water partition coefficient (Wildman–Crippen LogP) is 3.29. The van der Waals surface area contributed by atoms with Gasteiger partial charge in [-0.2, -0.15) is 4.31 Å². The molecule has 2 atom stereocenters. The number of ether oxygens (including phenoxy) is 1. The highest BCUT2D eigenvalue weighted by molar-refractivity contribution is 7.89. The van der Waals surface area contributed by atoms with E-state index < -0.39 is 10.0 Å². The standard InChI is InChI=1S/C22H28N2O4S/c1-16-10-17(2)15-24(14-16)29(26,27)21-9-5-7-19(12-21)22(25)23-13-18-6-4-8-20(11-18)28-3/h4-9,11-12,16-17H,10,13-15H2,1-3H3,(H,23,25)/t16-,17-/m1/s1. The van der Waals surface area contributed by atoms with Gasteiger partial charge in [-0.1, -0.05) is 32.0 Å². The second-order valence-electron chi connectivity index (χ2n) is 7.83. The van der Waals surface area contributed by atoms with Gasteiger partial charge in [-0.3, -0.25) is 4.79 Å². The van der Waals surface area contributed by atoms with Crippen LogP contribution in [0.4, 0.5) is 0 Å². The molecule has 2 aromatic carbocycles. The summed E-state index contributed by atoms with van der Waals surface area (Å²) in [6.45, 7) is 5.49. The minimum Gasteiger partial charge on any atom is -0.497 e. The molecule has 0 saturated carbocycles. The Morgan fingerprint density at radius 1 is 1.10 bits per heavy atom. The lowest BCUT2D eigenvalue weighted by atomic mass is 9.94. The topological polar surface area (TPSA) is 75.7 Å². The molecule has 0 bridgehead atoms. The Morgan fingerprint density at radius 2 is 1.79 bits per heavy atom. The maximum Gasteiger partial charge on any atom is 0.251 e. The number of sulfonamides is 1. The first-order valence-electron chi connectivity index (χ1n) is 9.81. The average Bonchev–Trinajstić information content (AvgIpc) is 2.71. The van der Waals surface area contributed by atoms with Crippen LogP contribution in [0.25, 0.3) is 0 Å². The summed E-state index contributed by atoms with van der Waals surface area (Å²) in [6, 6.07) is 13.7. The van der Waals surface area contributed by atoms with E-state index in [-0.39, 0.29) is 10.8 Å². The van der Waals surface area contributed by atoms with Crippen molar-refractivity contribution in [1.29, 1.82) is 0 Å². The molecule has 7 heteroatoms. The number of benzene rings is 2. The Hall–Kier alpha value is -2.38. The van der Waals surface area contributed by atoms with Crippen molar-refractivity contribution in [2.75, 3.05) is 20.2 Å². The Balaban J connectivity index is 1.73. The summed E-state index contributed by atoms with van der Waals surface area (Å²) >= 11 is 0. The molecular formula is C22H28N2O4S. The molecule has 156 valence electrons. The summed E-state index contributed by atoms with van der Waals surface area (Å²) in [5.41, 5.74) is 1.23. The number of carbonyl (C=O) groups is 1. The lowest BCUT2D eigenvalue weighted by Crippen LogP contribution is -2.42. The van der Waals surface area contributed by atoms with Gasteiger partial charge in [-0.15, -0.1) is 0 Å². The van der Waals surface area contributed by atoms with Crippen LogP contribution in [0.1, 0.15) is 36.2 Å². The third-order valence-electron chi connectivity index (χ3n) is 5.16. The molecule has 29 heavy (non-hydrogen) atoms. The van der Waals surface area contributed by atoms with Crippen LogP contribution in [0.15, 0.2) is 53.4 Å². The fraction of sp³-hybridized carbons (Fsp3) is 0.409. The molecule has 1 saturated heterocycles. The van der Waals surface area contributed by atoms with Crippen molar-refractivity contribution in [3.05, 3.63) is 59.7 Å². The van der Waals surface area contributed by atoms with E-state index >= 15 is 0 Å². The molecule has 0 aliphatic carbocycles. The third-order valence-corrected chi connectivity index (χ3v) is 6.98. The van der Waals surface area contributed by atoms with Gasteiger partial charge in [0.05, 0.1) is 12.0 Å². The quantitative estimate of drug-likeness (QED) is 0.784. The molecule has 1 aliphatic heterocycles. The highest BCUT2D eigenvalue weighted by atomic mass is 32.2. The van der Waals surface area contributed by atoms with Gasteiger partial charge >= 0.3 is 0 Å². The summed E-state index contributed by atoms with van der Waals surface area (Å²) in [7, 11) is -2.03. The molecule has 1 fully saturated rings. The second kappa shape index (κ2) is 8.97. The van der Waals surface area contributed by atoms with Crippen molar-refractivity contribution in [3.63, 3.8) is 0 Å². The number of hydrogen-bond acceptors (Lipinski definition) is 4. The van der Waals surface area contributed by atoms with Crippen LogP contribution in [0.5, 0.6) is 5.75 Å². The lowest BCUT2D eigenvalue weighted by molar-refractivity contribution is 0.0950. The average molecular weight is 417 g/mol. The lowest BCUT2D eigenvalue weighted by Gasteiger charge is -2.34. The van der Waals surface area contributed by atoms with Crippen LogP contribution in [0, 0.1) is 11.8 Å². The summed E-state index contributed by atoms with van der Waals surface area (Å²) in [5.74, 6) is 1.05. The number of hydrogen-bond donors (Lipinski definition) is 1. The zero-order valence-corrected chi connectivity index (χ0v) is 17.9. The maximum atomic E-state index is 13.1. The van der Waals surface area contributed by atoms with Crippen molar-refractivity contribution in [2.45, 2.75) is 31.7 Å². The van der Waals surface area contributed by atoms with Crippen molar-refractivity contribution < 1.29 is 17.9 Å². The number of methoxy groups -OCH3 is 1. The number of amides is 1. The van der Waals surface area contributed by atoms with Crippen molar-refractivity contribution in [2.24, 2.45) is 11.8 Å². The largest absolute Gasteiger partial charge is 0.497 e. The van der Waals surface area contributed by atoms with Gasteiger partial charge in [-0.05, 0) is 54.2 Å². The van der Waals surface area contributed by atoms with Crippen LogP contribution in [0.3, 0.4) is 0 Å².